The molecule has 54 valence electrons. The second kappa shape index (κ2) is 69.4. The maximum Gasteiger partial charge on any atom is 3.00 e. The molecule has 0 aliphatic heterocycles. The predicted molar refractivity (Wildman–Crippen MR) is 38.9 cm³/mol. The molecule has 0 aliphatic carbocycles. The zero-order valence-electron chi connectivity index (χ0n) is 4.40. The predicted octanol–water partition coefficient (Wildman–Crippen LogP) is 0.0406. The van der Waals surface area contributed by atoms with Gasteiger partial charge in [0.1, 0.15) is 0 Å². The standard InChI is InChI=1S/3CHNS.Rh/c3*2-1-3;/h3*3H;/q;;;+3/p-3. The van der Waals surface area contributed by atoms with Crippen molar-refractivity contribution in [2.45, 2.75) is 0 Å². The Labute approximate surface area is 89.0 Å². The number of rotatable bonds is 0. The van der Waals surface area contributed by atoms with E-state index in [1.807, 2.05) is 0 Å². The van der Waals surface area contributed by atoms with Gasteiger partial charge in [-0.1, -0.05) is 16.2 Å². The molecule has 0 saturated carbocycles. The van der Waals surface area contributed by atoms with E-state index in [4.69, 9.17) is 15.8 Å². The van der Waals surface area contributed by atoms with Gasteiger partial charge in [-0.3, -0.25) is 0 Å². The van der Waals surface area contributed by atoms with Crippen LogP contribution in [0.15, 0.2) is 0 Å². The molecule has 3 nitrogen and oxygen atoms in total. The van der Waals surface area contributed by atoms with Crippen LogP contribution in [0.25, 0.3) is 0 Å². The van der Waals surface area contributed by atoms with E-state index >= 15 is 0 Å². The number of hydrogen-bond donors (Lipinski definition) is 0. The van der Waals surface area contributed by atoms with E-state index in [1.165, 1.54) is 16.2 Å². The van der Waals surface area contributed by atoms with Crippen molar-refractivity contribution in [1.82, 2.24) is 0 Å². The van der Waals surface area contributed by atoms with Crippen molar-refractivity contribution in [3.05, 3.63) is 0 Å². The number of nitriles is 3. The molecule has 0 spiro atoms. The Hall–Kier alpha value is -0.247. The summed E-state index contributed by atoms with van der Waals surface area (Å²) in [7, 11) is 0. The Morgan fingerprint density at radius 2 is 0.700 bits per heavy atom. The van der Waals surface area contributed by atoms with Crippen molar-refractivity contribution in [3.8, 4) is 16.2 Å². The molecule has 0 N–H and O–H groups in total. The van der Waals surface area contributed by atoms with Gasteiger partial charge in [0.25, 0.3) is 0 Å². The third-order valence-corrected chi connectivity index (χ3v) is 0. The normalized spacial score (nSPS) is 2.10. The quantitative estimate of drug-likeness (QED) is 0.354. The van der Waals surface area contributed by atoms with Gasteiger partial charge in [0.05, 0.1) is 0 Å². The third kappa shape index (κ3) is 5810. The first-order valence-electron chi connectivity index (χ1n) is 1.28. The minimum atomic E-state index is 0. The second-order valence-electron chi connectivity index (χ2n) is 0.274. The van der Waals surface area contributed by atoms with Crippen LogP contribution in [-0.2, 0) is 57.4 Å². The van der Waals surface area contributed by atoms with Crippen molar-refractivity contribution in [1.29, 1.82) is 15.8 Å². The average molecular weight is 277 g/mol. The molecule has 0 saturated heterocycles. The molecular formula is C3N3RhS3. The average Bonchev–Trinajstić information content (AvgIpc) is 1.70. The summed E-state index contributed by atoms with van der Waals surface area (Å²) in [5.74, 6) is 0. The fourth-order valence-corrected chi connectivity index (χ4v) is 0. The smallest absolute Gasteiger partial charge is 0.696 e. The van der Waals surface area contributed by atoms with Gasteiger partial charge in [0.2, 0.25) is 0 Å². The minimum absolute atomic E-state index is 0. The van der Waals surface area contributed by atoms with Gasteiger partial charge in [0, 0.05) is 0 Å². The summed E-state index contributed by atoms with van der Waals surface area (Å²) in [5.41, 5.74) is 0. The SMILES string of the molecule is N#C[S-].N#C[S-].N#C[S-].[Rh+3]. The molecule has 0 amide bonds. The summed E-state index contributed by atoms with van der Waals surface area (Å²) in [6.45, 7) is 0. The summed E-state index contributed by atoms with van der Waals surface area (Å²) >= 11 is 11.1. The van der Waals surface area contributed by atoms with Crippen LogP contribution in [0.4, 0.5) is 0 Å². The fourth-order valence-electron chi connectivity index (χ4n) is 0. The van der Waals surface area contributed by atoms with Crippen LogP contribution in [0.3, 0.4) is 0 Å². The molecule has 0 radical (unpaired) electrons. The van der Waals surface area contributed by atoms with Crippen LogP contribution in [0, 0.1) is 32.0 Å². The molecule has 0 unspecified atom stereocenters. The monoisotopic (exact) mass is 277 g/mol. The van der Waals surface area contributed by atoms with Crippen LogP contribution < -0.4 is 0 Å². The Balaban J connectivity index is -0.0000000257. The summed E-state index contributed by atoms with van der Waals surface area (Å²) < 4.78 is 0. The summed E-state index contributed by atoms with van der Waals surface area (Å²) in [6.07, 6.45) is 0. The van der Waals surface area contributed by atoms with Crippen LogP contribution in [0.1, 0.15) is 0 Å². The van der Waals surface area contributed by atoms with E-state index in [0.717, 1.165) is 0 Å². The van der Waals surface area contributed by atoms with Gasteiger partial charge in [-0.2, -0.15) is 0 Å². The number of thiocyanates is 3. The summed E-state index contributed by atoms with van der Waals surface area (Å²) in [5, 5.41) is 25.4. The van der Waals surface area contributed by atoms with Gasteiger partial charge in [-0.05, 0) is 0 Å². The first kappa shape index (κ1) is 22.6. The number of nitrogens with zero attached hydrogens (tertiary/aromatic N) is 3. The van der Waals surface area contributed by atoms with E-state index in [1.54, 1.807) is 0 Å². The minimum Gasteiger partial charge on any atom is -0.696 e. The Morgan fingerprint density at radius 3 is 0.700 bits per heavy atom. The Morgan fingerprint density at radius 1 is 0.700 bits per heavy atom. The van der Waals surface area contributed by atoms with Crippen molar-refractivity contribution in [3.63, 3.8) is 0 Å². The fraction of sp³-hybridized carbons (Fsp3) is 0. The maximum atomic E-state index is 7.13. The van der Waals surface area contributed by atoms with E-state index in [-0.39, 0.29) is 19.5 Å². The van der Waals surface area contributed by atoms with E-state index in [0.29, 0.717) is 0 Å². The van der Waals surface area contributed by atoms with E-state index < -0.39 is 0 Å². The van der Waals surface area contributed by atoms with Gasteiger partial charge in [0.15, 0.2) is 0 Å². The summed E-state index contributed by atoms with van der Waals surface area (Å²) in [4.78, 5) is 0. The van der Waals surface area contributed by atoms with Crippen molar-refractivity contribution in [2.24, 2.45) is 0 Å². The zero-order valence-corrected chi connectivity index (χ0v) is 8.49. The van der Waals surface area contributed by atoms with Gasteiger partial charge in [-0.15, -0.1) is 0 Å². The van der Waals surface area contributed by atoms with E-state index in [9.17, 15) is 0 Å². The molecule has 0 aromatic rings. The molecule has 0 heterocycles. The molecule has 7 heteroatoms. The largest absolute Gasteiger partial charge is 3.00 e. The molecule has 10 heavy (non-hydrogen) atoms. The van der Waals surface area contributed by atoms with Crippen LogP contribution in [0.5, 0.6) is 0 Å². The van der Waals surface area contributed by atoms with Crippen LogP contribution in [-0.4, -0.2) is 0 Å². The Kier molecular flexibility index (Phi) is 157. The van der Waals surface area contributed by atoms with Gasteiger partial charge in [-0.25, -0.2) is 15.8 Å². The van der Waals surface area contributed by atoms with Gasteiger partial charge < -0.3 is 37.9 Å². The molecule has 0 aromatic heterocycles. The Bertz CT molecular complexity index is 112. The molecule has 0 rings (SSSR count). The van der Waals surface area contributed by atoms with Crippen molar-refractivity contribution < 1.29 is 19.5 Å². The maximum absolute atomic E-state index is 7.13. The van der Waals surface area contributed by atoms with Crippen molar-refractivity contribution >= 4 is 37.9 Å². The molecule has 0 bridgehead atoms. The number of hydrogen-bond acceptors (Lipinski definition) is 6. The zero-order chi connectivity index (χ0) is 8.12. The molecule has 0 atom stereocenters. The topological polar surface area (TPSA) is 71.4 Å². The molecular weight excluding hydrogens is 277 g/mol. The first-order chi connectivity index (χ1) is 4.24. The molecule has 0 aromatic carbocycles. The molecule has 0 fully saturated rings. The van der Waals surface area contributed by atoms with Gasteiger partial charge >= 0.3 is 19.5 Å². The third-order valence-electron chi connectivity index (χ3n) is 0. The van der Waals surface area contributed by atoms with E-state index in [2.05, 4.69) is 37.9 Å². The first-order valence-corrected chi connectivity index (χ1v) is 2.51. The summed E-state index contributed by atoms with van der Waals surface area (Å²) in [6, 6.07) is 0. The van der Waals surface area contributed by atoms with Crippen molar-refractivity contribution in [2.75, 3.05) is 0 Å². The van der Waals surface area contributed by atoms with Crippen LogP contribution in [0.2, 0.25) is 0 Å². The molecule has 0 aliphatic rings. The van der Waals surface area contributed by atoms with Crippen LogP contribution >= 0.6 is 0 Å². The second-order valence-corrected chi connectivity index (χ2v) is 0.822.